The van der Waals surface area contributed by atoms with Crippen LogP contribution in [0.5, 0.6) is 5.75 Å². The summed E-state index contributed by atoms with van der Waals surface area (Å²) < 4.78 is 7.40. The molecular weight excluding hydrogens is 374 g/mol. The highest BCUT2D eigenvalue weighted by molar-refractivity contribution is 8.77. The van der Waals surface area contributed by atoms with Crippen LogP contribution in [0.4, 0.5) is 0 Å². The van der Waals surface area contributed by atoms with Crippen LogP contribution in [0.25, 0.3) is 11.3 Å². The van der Waals surface area contributed by atoms with E-state index in [9.17, 15) is 0 Å². The van der Waals surface area contributed by atoms with Gasteiger partial charge in [0.1, 0.15) is 16.5 Å². The van der Waals surface area contributed by atoms with Crippen molar-refractivity contribution >= 4 is 21.6 Å². The lowest BCUT2D eigenvalue weighted by atomic mass is 10.1. The van der Waals surface area contributed by atoms with E-state index in [0.29, 0.717) is 6.54 Å². The van der Waals surface area contributed by atoms with Gasteiger partial charge in [-0.15, -0.1) is 5.10 Å². The molecule has 0 atom stereocenters. The van der Waals surface area contributed by atoms with Crippen LogP contribution in [-0.4, -0.2) is 26.9 Å². The van der Waals surface area contributed by atoms with Crippen LogP contribution in [0.1, 0.15) is 31.9 Å². The topological polar surface area (TPSA) is 39.9 Å². The molecular formula is C21H25N3OS2. The van der Waals surface area contributed by atoms with E-state index in [1.165, 1.54) is 11.1 Å². The Balaban J connectivity index is 1.94. The maximum atomic E-state index is 5.27. The number of aromatic nitrogens is 3. The fourth-order valence-electron chi connectivity index (χ4n) is 2.45. The number of rotatable bonds is 6. The van der Waals surface area contributed by atoms with Gasteiger partial charge in [0.05, 0.1) is 13.7 Å². The molecule has 0 radical (unpaired) electrons. The van der Waals surface area contributed by atoms with E-state index >= 15 is 0 Å². The van der Waals surface area contributed by atoms with E-state index in [1.54, 1.807) is 17.9 Å². The fraction of sp³-hybridized carbons (Fsp3) is 0.333. The molecule has 0 aliphatic carbocycles. The summed E-state index contributed by atoms with van der Waals surface area (Å²) in [6, 6.07) is 16.5. The van der Waals surface area contributed by atoms with Crippen molar-refractivity contribution in [2.24, 2.45) is 0 Å². The smallest absolute Gasteiger partial charge is 0.133 e. The second-order valence-electron chi connectivity index (χ2n) is 7.39. The monoisotopic (exact) mass is 399 g/mol. The van der Waals surface area contributed by atoms with Gasteiger partial charge in [-0.05, 0) is 47.5 Å². The van der Waals surface area contributed by atoms with Gasteiger partial charge >= 0.3 is 0 Å². The maximum absolute atomic E-state index is 5.27. The van der Waals surface area contributed by atoms with Crippen molar-refractivity contribution in [3.8, 4) is 17.0 Å². The van der Waals surface area contributed by atoms with Crippen LogP contribution >= 0.6 is 21.6 Å². The number of hydrogen-bond acceptors (Lipinski definition) is 5. The van der Waals surface area contributed by atoms with Gasteiger partial charge in [0.15, 0.2) is 0 Å². The van der Waals surface area contributed by atoms with Gasteiger partial charge in [-0.1, -0.05) is 66.6 Å². The number of ether oxygens (including phenoxy) is 1. The highest BCUT2D eigenvalue weighted by Crippen LogP contribution is 2.43. The van der Waals surface area contributed by atoms with E-state index in [2.05, 4.69) is 62.3 Å². The average molecular weight is 400 g/mol. The third-order valence-electron chi connectivity index (χ3n) is 3.88. The van der Waals surface area contributed by atoms with Crippen molar-refractivity contribution in [3.63, 3.8) is 0 Å². The Bertz CT molecular complexity index is 881. The normalized spacial score (nSPS) is 11.6. The predicted octanol–water partition coefficient (Wildman–Crippen LogP) is 5.85. The summed E-state index contributed by atoms with van der Waals surface area (Å²) in [6.07, 6.45) is 0. The van der Waals surface area contributed by atoms with Crippen molar-refractivity contribution in [2.75, 3.05) is 7.11 Å². The Morgan fingerprint density at radius 3 is 2.26 bits per heavy atom. The van der Waals surface area contributed by atoms with Crippen molar-refractivity contribution in [3.05, 3.63) is 59.7 Å². The summed E-state index contributed by atoms with van der Waals surface area (Å²) in [7, 11) is 5.24. The number of methoxy groups -OCH3 is 1. The first-order chi connectivity index (χ1) is 12.9. The minimum atomic E-state index is 0.140. The van der Waals surface area contributed by atoms with Gasteiger partial charge in [-0.25, -0.2) is 4.68 Å². The molecule has 2 aromatic carbocycles. The lowest BCUT2D eigenvalue weighted by Gasteiger charge is -2.17. The van der Waals surface area contributed by atoms with Gasteiger partial charge < -0.3 is 4.74 Å². The summed E-state index contributed by atoms with van der Waals surface area (Å²) >= 11 is 0. The zero-order valence-electron chi connectivity index (χ0n) is 16.4. The summed E-state index contributed by atoms with van der Waals surface area (Å²) in [4.78, 5) is 0. The van der Waals surface area contributed by atoms with Gasteiger partial charge in [0.2, 0.25) is 0 Å². The Hall–Kier alpha value is -1.92. The number of nitrogens with zero attached hydrogens (tertiary/aromatic N) is 3. The average Bonchev–Trinajstić information content (AvgIpc) is 3.04. The third kappa shape index (κ3) is 5.30. The zero-order valence-corrected chi connectivity index (χ0v) is 18.0. The van der Waals surface area contributed by atoms with E-state index in [4.69, 9.17) is 4.74 Å². The van der Waals surface area contributed by atoms with Gasteiger partial charge in [-0.2, -0.15) is 0 Å². The quantitative estimate of drug-likeness (QED) is 0.486. The van der Waals surface area contributed by atoms with Crippen molar-refractivity contribution in [1.29, 1.82) is 0 Å². The van der Waals surface area contributed by atoms with Crippen LogP contribution in [-0.2, 0) is 6.54 Å². The van der Waals surface area contributed by atoms with E-state index in [1.807, 2.05) is 39.7 Å². The molecule has 3 rings (SSSR count). The van der Waals surface area contributed by atoms with Crippen molar-refractivity contribution < 1.29 is 4.74 Å². The van der Waals surface area contributed by atoms with Gasteiger partial charge in [-0.3, -0.25) is 0 Å². The third-order valence-corrected chi connectivity index (χ3v) is 7.25. The van der Waals surface area contributed by atoms with Crippen LogP contribution in [0.2, 0.25) is 0 Å². The Kier molecular flexibility index (Phi) is 6.17. The van der Waals surface area contributed by atoms with Crippen LogP contribution in [0.15, 0.2) is 53.6 Å². The Morgan fingerprint density at radius 1 is 1.00 bits per heavy atom. The second kappa shape index (κ2) is 8.40. The molecule has 4 nitrogen and oxygen atoms in total. The molecule has 1 aromatic heterocycles. The molecule has 0 fully saturated rings. The van der Waals surface area contributed by atoms with E-state index in [0.717, 1.165) is 22.0 Å². The molecule has 0 aliphatic heterocycles. The maximum Gasteiger partial charge on any atom is 0.133 e. The van der Waals surface area contributed by atoms with E-state index in [-0.39, 0.29) is 4.75 Å². The van der Waals surface area contributed by atoms with E-state index < -0.39 is 0 Å². The number of hydrogen-bond donors (Lipinski definition) is 0. The highest BCUT2D eigenvalue weighted by Gasteiger charge is 2.20. The lowest BCUT2D eigenvalue weighted by molar-refractivity contribution is 0.415. The first-order valence-electron chi connectivity index (χ1n) is 8.85. The molecule has 0 saturated carbocycles. The molecule has 6 heteroatoms. The molecule has 0 N–H and O–H groups in total. The summed E-state index contributed by atoms with van der Waals surface area (Å²) in [5.74, 6) is 0.837. The first-order valence-corrected chi connectivity index (χ1v) is 11.0. The molecule has 0 unspecified atom stereocenters. The number of aryl methyl sites for hydroxylation is 1. The van der Waals surface area contributed by atoms with Crippen molar-refractivity contribution in [2.45, 2.75) is 44.0 Å². The molecule has 142 valence electrons. The predicted molar refractivity (Wildman–Crippen MR) is 115 cm³/mol. The molecule has 0 bridgehead atoms. The molecule has 0 aliphatic rings. The molecule has 1 heterocycles. The van der Waals surface area contributed by atoms with Crippen LogP contribution in [0, 0.1) is 6.92 Å². The Labute approximate surface area is 169 Å². The SMILES string of the molecule is COc1ccc(-c2nnn(Cc3ccc(C)cc3)c2SSC(C)(C)C)cc1. The molecule has 0 saturated heterocycles. The summed E-state index contributed by atoms with van der Waals surface area (Å²) in [5.41, 5.74) is 4.43. The minimum Gasteiger partial charge on any atom is -0.497 e. The molecule has 0 amide bonds. The highest BCUT2D eigenvalue weighted by atomic mass is 33.1. The van der Waals surface area contributed by atoms with Gasteiger partial charge in [0.25, 0.3) is 0 Å². The molecule has 0 spiro atoms. The van der Waals surface area contributed by atoms with Gasteiger partial charge in [0, 0.05) is 10.3 Å². The molecule has 3 aromatic rings. The minimum absolute atomic E-state index is 0.140. The largest absolute Gasteiger partial charge is 0.497 e. The fourth-order valence-corrected chi connectivity index (χ4v) is 4.69. The zero-order chi connectivity index (χ0) is 19.4. The van der Waals surface area contributed by atoms with Crippen LogP contribution < -0.4 is 4.74 Å². The lowest BCUT2D eigenvalue weighted by Crippen LogP contribution is -2.07. The van der Waals surface area contributed by atoms with Crippen LogP contribution in [0.3, 0.4) is 0 Å². The second-order valence-corrected chi connectivity index (χ2v) is 10.3. The standard InChI is InChI=1S/C21H25N3OS2/c1-15-6-8-16(9-7-15)14-24-20(26-27-21(2,3)4)19(22-23-24)17-10-12-18(25-5)13-11-17/h6-13H,14H2,1-5H3. The Morgan fingerprint density at radius 2 is 1.67 bits per heavy atom. The number of benzene rings is 2. The van der Waals surface area contributed by atoms with Crippen molar-refractivity contribution in [1.82, 2.24) is 15.0 Å². The summed E-state index contributed by atoms with van der Waals surface area (Å²) in [6.45, 7) is 9.45. The summed E-state index contributed by atoms with van der Waals surface area (Å²) in [5, 5.41) is 10.0. The molecule has 27 heavy (non-hydrogen) atoms. The first kappa shape index (κ1) is 19.8.